The smallest absolute Gasteiger partial charge is 0.248 e. The lowest BCUT2D eigenvalue weighted by atomic mass is 10.2. The van der Waals surface area contributed by atoms with Crippen molar-refractivity contribution in [1.82, 2.24) is 10.2 Å². The molecule has 0 atom stereocenters. The van der Waals surface area contributed by atoms with Gasteiger partial charge in [-0.2, -0.15) is 5.10 Å². The van der Waals surface area contributed by atoms with Gasteiger partial charge in [0.2, 0.25) is 5.91 Å². The van der Waals surface area contributed by atoms with E-state index < -0.39 is 5.91 Å². The van der Waals surface area contributed by atoms with Gasteiger partial charge in [0.05, 0.1) is 16.9 Å². The quantitative estimate of drug-likeness (QED) is 0.790. The Morgan fingerprint density at radius 2 is 2.33 bits per heavy atom. The van der Waals surface area contributed by atoms with Crippen LogP contribution < -0.4 is 11.1 Å². The van der Waals surface area contributed by atoms with E-state index in [1.807, 2.05) is 6.92 Å². The zero-order chi connectivity index (χ0) is 13.1. The van der Waals surface area contributed by atoms with Crippen LogP contribution in [0, 0.1) is 6.92 Å². The molecule has 0 bridgehead atoms. The Hall–Kier alpha value is -2.01. The number of hydrogen-bond donors (Lipinski definition) is 3. The third-order valence-electron chi connectivity index (χ3n) is 2.65. The number of nitrogens with two attached hydrogens (primary N) is 1. The highest BCUT2D eigenvalue weighted by Crippen LogP contribution is 2.23. The SMILES string of the molecule is Cc1[nH]ncc1CNc1cc(C(N)=O)ccc1Cl. The lowest BCUT2D eigenvalue weighted by Crippen LogP contribution is -2.11. The summed E-state index contributed by atoms with van der Waals surface area (Å²) < 4.78 is 0. The summed E-state index contributed by atoms with van der Waals surface area (Å²) in [5.41, 5.74) is 8.35. The predicted molar refractivity (Wildman–Crippen MR) is 70.6 cm³/mol. The molecule has 18 heavy (non-hydrogen) atoms. The normalized spacial score (nSPS) is 10.3. The van der Waals surface area contributed by atoms with Gasteiger partial charge in [-0.3, -0.25) is 9.89 Å². The molecule has 0 aliphatic rings. The summed E-state index contributed by atoms with van der Waals surface area (Å²) >= 11 is 6.04. The van der Waals surface area contributed by atoms with Crippen molar-refractivity contribution in [1.29, 1.82) is 0 Å². The Morgan fingerprint density at radius 3 is 2.94 bits per heavy atom. The maximum absolute atomic E-state index is 11.1. The van der Waals surface area contributed by atoms with Crippen LogP contribution in [0.25, 0.3) is 0 Å². The van der Waals surface area contributed by atoms with E-state index in [9.17, 15) is 4.79 Å². The van der Waals surface area contributed by atoms with Gasteiger partial charge in [-0.25, -0.2) is 0 Å². The number of anilines is 1. The molecule has 1 aromatic heterocycles. The highest BCUT2D eigenvalue weighted by Gasteiger charge is 2.06. The Kier molecular flexibility index (Phi) is 3.53. The van der Waals surface area contributed by atoms with E-state index >= 15 is 0 Å². The van der Waals surface area contributed by atoms with Crippen LogP contribution in [0.4, 0.5) is 5.69 Å². The fraction of sp³-hybridized carbons (Fsp3) is 0.167. The number of H-pyrrole nitrogens is 1. The molecule has 1 amide bonds. The summed E-state index contributed by atoms with van der Waals surface area (Å²) in [6.45, 7) is 2.51. The number of rotatable bonds is 4. The fourth-order valence-corrected chi connectivity index (χ4v) is 1.74. The standard InChI is InChI=1S/C12H13ClN4O/c1-7-9(6-16-17-7)5-15-11-4-8(12(14)18)2-3-10(11)13/h2-4,6,15H,5H2,1H3,(H2,14,18)(H,16,17). The van der Waals surface area contributed by atoms with E-state index in [0.717, 1.165) is 11.3 Å². The minimum absolute atomic E-state index is 0.422. The predicted octanol–water partition coefficient (Wildman–Crippen LogP) is 2.08. The van der Waals surface area contributed by atoms with Crippen molar-refractivity contribution >= 4 is 23.2 Å². The van der Waals surface area contributed by atoms with Gasteiger partial charge < -0.3 is 11.1 Å². The topological polar surface area (TPSA) is 83.8 Å². The molecular formula is C12H13ClN4O. The average molecular weight is 265 g/mol. The number of carbonyl (C=O) groups excluding carboxylic acids is 1. The molecule has 0 saturated carbocycles. The van der Waals surface area contributed by atoms with E-state index in [1.54, 1.807) is 24.4 Å². The number of aromatic amines is 1. The van der Waals surface area contributed by atoms with Crippen LogP contribution in [0.1, 0.15) is 21.6 Å². The monoisotopic (exact) mass is 264 g/mol. The Balaban J connectivity index is 2.16. The third-order valence-corrected chi connectivity index (χ3v) is 2.98. The first-order valence-electron chi connectivity index (χ1n) is 5.40. The number of carbonyl (C=O) groups is 1. The van der Waals surface area contributed by atoms with Crippen LogP contribution in [0.15, 0.2) is 24.4 Å². The first-order chi connectivity index (χ1) is 8.58. The molecule has 0 aliphatic carbocycles. The second kappa shape index (κ2) is 5.10. The Morgan fingerprint density at radius 1 is 1.56 bits per heavy atom. The van der Waals surface area contributed by atoms with Crippen molar-refractivity contribution in [2.45, 2.75) is 13.5 Å². The van der Waals surface area contributed by atoms with Gasteiger partial charge in [-0.15, -0.1) is 0 Å². The molecule has 1 aromatic carbocycles. The second-order valence-corrected chi connectivity index (χ2v) is 4.34. The van der Waals surface area contributed by atoms with E-state index in [0.29, 0.717) is 22.8 Å². The van der Waals surface area contributed by atoms with Crippen molar-refractivity contribution < 1.29 is 4.79 Å². The number of nitrogens with zero attached hydrogens (tertiary/aromatic N) is 1. The molecule has 0 radical (unpaired) electrons. The summed E-state index contributed by atoms with van der Waals surface area (Å²) in [6.07, 6.45) is 1.74. The first kappa shape index (κ1) is 12.4. The summed E-state index contributed by atoms with van der Waals surface area (Å²) in [7, 11) is 0. The zero-order valence-corrected chi connectivity index (χ0v) is 10.6. The van der Waals surface area contributed by atoms with E-state index in [4.69, 9.17) is 17.3 Å². The minimum Gasteiger partial charge on any atom is -0.380 e. The largest absolute Gasteiger partial charge is 0.380 e. The number of aromatic nitrogens is 2. The van der Waals surface area contributed by atoms with E-state index in [2.05, 4.69) is 15.5 Å². The molecule has 0 saturated heterocycles. The lowest BCUT2D eigenvalue weighted by Gasteiger charge is -2.09. The highest BCUT2D eigenvalue weighted by atomic mass is 35.5. The maximum atomic E-state index is 11.1. The van der Waals surface area contributed by atoms with Crippen molar-refractivity contribution in [3.63, 3.8) is 0 Å². The molecule has 5 nitrogen and oxygen atoms in total. The summed E-state index contributed by atoms with van der Waals surface area (Å²) in [6, 6.07) is 4.88. The molecule has 2 aromatic rings. The van der Waals surface area contributed by atoms with Gasteiger partial charge in [0.15, 0.2) is 0 Å². The molecule has 94 valence electrons. The van der Waals surface area contributed by atoms with Gasteiger partial charge in [0.1, 0.15) is 0 Å². The molecule has 4 N–H and O–H groups in total. The van der Waals surface area contributed by atoms with Gasteiger partial charge in [-0.05, 0) is 25.1 Å². The van der Waals surface area contributed by atoms with Crippen LogP contribution in [0.3, 0.4) is 0 Å². The number of primary amides is 1. The van der Waals surface area contributed by atoms with E-state index in [1.165, 1.54) is 0 Å². The number of halogens is 1. The molecule has 6 heteroatoms. The first-order valence-corrected chi connectivity index (χ1v) is 5.78. The molecule has 1 heterocycles. The Labute approximate surface area is 109 Å². The fourth-order valence-electron chi connectivity index (χ4n) is 1.56. The molecule has 2 rings (SSSR count). The number of nitrogens with one attached hydrogen (secondary N) is 2. The van der Waals surface area contributed by atoms with Gasteiger partial charge in [0.25, 0.3) is 0 Å². The van der Waals surface area contributed by atoms with Crippen LogP contribution in [0.2, 0.25) is 5.02 Å². The number of aryl methyl sites for hydroxylation is 1. The molecule has 0 fully saturated rings. The van der Waals surface area contributed by atoms with E-state index in [-0.39, 0.29) is 0 Å². The summed E-state index contributed by atoms with van der Waals surface area (Å²) in [5.74, 6) is -0.478. The van der Waals surface area contributed by atoms with Crippen LogP contribution in [-0.4, -0.2) is 16.1 Å². The number of amides is 1. The maximum Gasteiger partial charge on any atom is 0.248 e. The molecule has 0 spiro atoms. The van der Waals surface area contributed by atoms with Crippen LogP contribution >= 0.6 is 11.6 Å². The summed E-state index contributed by atoms with van der Waals surface area (Å²) in [4.78, 5) is 11.1. The molecular weight excluding hydrogens is 252 g/mol. The van der Waals surface area contributed by atoms with Crippen molar-refractivity contribution in [2.24, 2.45) is 5.73 Å². The number of hydrogen-bond acceptors (Lipinski definition) is 3. The van der Waals surface area contributed by atoms with Crippen molar-refractivity contribution in [3.8, 4) is 0 Å². The van der Waals surface area contributed by atoms with Crippen LogP contribution in [0.5, 0.6) is 0 Å². The third kappa shape index (κ3) is 2.62. The Bertz CT molecular complexity index is 579. The molecule has 0 unspecified atom stereocenters. The highest BCUT2D eigenvalue weighted by molar-refractivity contribution is 6.33. The lowest BCUT2D eigenvalue weighted by molar-refractivity contribution is 0.100. The second-order valence-electron chi connectivity index (χ2n) is 3.93. The van der Waals surface area contributed by atoms with Gasteiger partial charge in [-0.1, -0.05) is 11.6 Å². The van der Waals surface area contributed by atoms with Crippen molar-refractivity contribution in [2.75, 3.05) is 5.32 Å². The minimum atomic E-state index is -0.478. The average Bonchev–Trinajstić information content (AvgIpc) is 2.73. The van der Waals surface area contributed by atoms with Crippen molar-refractivity contribution in [3.05, 3.63) is 46.2 Å². The van der Waals surface area contributed by atoms with Gasteiger partial charge >= 0.3 is 0 Å². The van der Waals surface area contributed by atoms with Gasteiger partial charge in [0, 0.05) is 23.4 Å². The zero-order valence-electron chi connectivity index (χ0n) is 9.83. The molecule has 0 aliphatic heterocycles. The number of benzene rings is 1. The van der Waals surface area contributed by atoms with Crippen LogP contribution in [-0.2, 0) is 6.54 Å². The summed E-state index contributed by atoms with van der Waals surface area (Å²) in [5, 5.41) is 10.5.